The third-order valence-corrected chi connectivity index (χ3v) is 0.909. The average molecular weight is 145 g/mol. The summed E-state index contributed by atoms with van der Waals surface area (Å²) in [5.41, 5.74) is 0. The van der Waals surface area contributed by atoms with Crippen molar-refractivity contribution in [3.63, 3.8) is 0 Å². The summed E-state index contributed by atoms with van der Waals surface area (Å²) in [5, 5.41) is 19.2. The van der Waals surface area contributed by atoms with Crippen LogP contribution in [0.15, 0.2) is 17.8 Å². The van der Waals surface area contributed by atoms with E-state index in [1.807, 2.05) is 0 Å². The van der Waals surface area contributed by atoms with Crippen molar-refractivity contribution < 1.29 is 15.1 Å². The van der Waals surface area contributed by atoms with Crippen molar-refractivity contribution in [3.8, 4) is 0 Å². The van der Waals surface area contributed by atoms with E-state index in [1.165, 1.54) is 12.3 Å². The fraction of sp³-hybridized carbons (Fsp3) is 0.500. The van der Waals surface area contributed by atoms with Gasteiger partial charge in [-0.15, -0.1) is 6.58 Å². The van der Waals surface area contributed by atoms with Crippen molar-refractivity contribution in [1.82, 2.24) is 0 Å². The second-order valence-corrected chi connectivity index (χ2v) is 1.59. The lowest BCUT2D eigenvalue weighted by molar-refractivity contribution is 0.0665. The van der Waals surface area contributed by atoms with Crippen LogP contribution in [0.5, 0.6) is 0 Å². The Bertz CT molecular complexity index is 114. The summed E-state index contributed by atoms with van der Waals surface area (Å²) in [5.74, 6) is 0. The maximum atomic E-state index is 8.52. The molecule has 0 heterocycles. The summed E-state index contributed by atoms with van der Waals surface area (Å²) in [6.07, 6.45) is 2.29. The molecule has 58 valence electrons. The summed E-state index contributed by atoms with van der Waals surface area (Å²) < 4.78 is 4.90. The van der Waals surface area contributed by atoms with Crippen molar-refractivity contribution in [2.45, 2.75) is 6.10 Å². The third-order valence-electron chi connectivity index (χ3n) is 0.909. The van der Waals surface area contributed by atoms with Crippen LogP contribution in [0.3, 0.4) is 0 Å². The topological polar surface area (TPSA) is 62.0 Å². The van der Waals surface area contributed by atoms with Gasteiger partial charge in [0.2, 0.25) is 0 Å². The van der Waals surface area contributed by atoms with Gasteiger partial charge in [-0.1, -0.05) is 11.2 Å². The monoisotopic (exact) mass is 145 g/mol. The molecule has 0 bridgehead atoms. The van der Waals surface area contributed by atoms with E-state index in [2.05, 4.69) is 11.7 Å². The Morgan fingerprint density at radius 2 is 2.40 bits per heavy atom. The molecule has 0 aliphatic rings. The first kappa shape index (κ1) is 9.13. The predicted molar refractivity (Wildman–Crippen MR) is 37.3 cm³/mol. The molecular weight excluding hydrogens is 134 g/mol. The van der Waals surface area contributed by atoms with Gasteiger partial charge in [0.15, 0.2) is 0 Å². The van der Waals surface area contributed by atoms with E-state index in [4.69, 9.17) is 15.1 Å². The fourth-order valence-corrected chi connectivity index (χ4v) is 0.395. The molecule has 0 radical (unpaired) electrons. The molecule has 4 heteroatoms. The molecule has 0 saturated heterocycles. The highest BCUT2D eigenvalue weighted by atomic mass is 16.5. The van der Waals surface area contributed by atoms with Gasteiger partial charge in [-0.05, 0) is 0 Å². The lowest BCUT2D eigenvalue weighted by Gasteiger charge is -2.06. The quantitative estimate of drug-likeness (QED) is 0.248. The van der Waals surface area contributed by atoms with Crippen LogP contribution < -0.4 is 0 Å². The molecule has 0 aliphatic heterocycles. The van der Waals surface area contributed by atoms with Gasteiger partial charge in [0.25, 0.3) is 0 Å². The number of ether oxygens (including phenoxy) is 1. The Hall–Kier alpha value is -0.870. The molecular formula is C6H11NO3. The van der Waals surface area contributed by atoms with E-state index in [0.717, 1.165) is 0 Å². The zero-order valence-corrected chi connectivity index (χ0v) is 5.60. The van der Waals surface area contributed by atoms with E-state index in [9.17, 15) is 0 Å². The highest BCUT2D eigenvalue weighted by Crippen LogP contribution is 1.89. The minimum Gasteiger partial charge on any atom is -0.411 e. The smallest absolute Gasteiger partial charge is 0.0988 e. The molecule has 4 nitrogen and oxygen atoms in total. The lowest BCUT2D eigenvalue weighted by atomic mass is 10.4. The van der Waals surface area contributed by atoms with Gasteiger partial charge in [0, 0.05) is 0 Å². The number of nitrogens with zero attached hydrogens (tertiary/aromatic N) is 1. The Balaban J connectivity index is 3.34. The van der Waals surface area contributed by atoms with Crippen molar-refractivity contribution in [2.24, 2.45) is 5.16 Å². The van der Waals surface area contributed by atoms with E-state index >= 15 is 0 Å². The summed E-state index contributed by atoms with van der Waals surface area (Å²) in [6, 6.07) is 0. The van der Waals surface area contributed by atoms with Gasteiger partial charge in [-0.3, -0.25) is 0 Å². The molecule has 0 aliphatic carbocycles. The molecule has 0 aromatic heterocycles. The van der Waals surface area contributed by atoms with Crippen LogP contribution in [0.2, 0.25) is 0 Å². The van der Waals surface area contributed by atoms with E-state index in [0.29, 0.717) is 0 Å². The van der Waals surface area contributed by atoms with Crippen molar-refractivity contribution in [3.05, 3.63) is 12.7 Å². The van der Waals surface area contributed by atoms with Crippen LogP contribution in [0.25, 0.3) is 0 Å². The van der Waals surface area contributed by atoms with Gasteiger partial charge < -0.3 is 15.1 Å². The summed E-state index contributed by atoms with van der Waals surface area (Å²) in [6.45, 7) is 3.48. The SMILES string of the molecule is C=CC(CO)OC/C=N/O. The molecule has 0 rings (SSSR count). The predicted octanol–water partition coefficient (Wildman–Crippen LogP) is 0.00990. The molecule has 1 unspecified atom stereocenters. The number of hydrogen-bond acceptors (Lipinski definition) is 4. The van der Waals surface area contributed by atoms with Crippen LogP contribution in [0.4, 0.5) is 0 Å². The number of aliphatic hydroxyl groups excluding tert-OH is 1. The highest BCUT2D eigenvalue weighted by Gasteiger charge is 1.98. The highest BCUT2D eigenvalue weighted by molar-refractivity contribution is 5.57. The maximum absolute atomic E-state index is 8.52. The minimum atomic E-state index is -0.377. The van der Waals surface area contributed by atoms with Gasteiger partial charge >= 0.3 is 0 Å². The van der Waals surface area contributed by atoms with Crippen LogP contribution in [-0.2, 0) is 4.74 Å². The van der Waals surface area contributed by atoms with Crippen LogP contribution >= 0.6 is 0 Å². The summed E-state index contributed by atoms with van der Waals surface area (Å²) in [4.78, 5) is 0. The third kappa shape index (κ3) is 4.05. The van der Waals surface area contributed by atoms with E-state index in [-0.39, 0.29) is 19.3 Å². The van der Waals surface area contributed by atoms with Gasteiger partial charge in [0.1, 0.15) is 0 Å². The van der Waals surface area contributed by atoms with Crippen LogP contribution in [0.1, 0.15) is 0 Å². The molecule has 0 saturated carbocycles. The molecule has 0 aromatic rings. The summed E-state index contributed by atoms with van der Waals surface area (Å²) >= 11 is 0. The number of hydrogen-bond donors (Lipinski definition) is 2. The number of aliphatic hydroxyl groups is 1. The Kier molecular flexibility index (Phi) is 5.71. The molecule has 0 spiro atoms. The number of rotatable bonds is 5. The van der Waals surface area contributed by atoms with E-state index < -0.39 is 0 Å². The zero-order valence-electron chi connectivity index (χ0n) is 5.60. The summed E-state index contributed by atoms with van der Waals surface area (Å²) in [7, 11) is 0. The average Bonchev–Trinajstić information content (AvgIpc) is 1.99. The minimum absolute atomic E-state index is 0.108. The molecule has 1 atom stereocenters. The van der Waals surface area contributed by atoms with Crippen molar-refractivity contribution in [1.29, 1.82) is 0 Å². The van der Waals surface area contributed by atoms with E-state index in [1.54, 1.807) is 0 Å². The number of oxime groups is 1. The molecule has 0 fully saturated rings. The molecule has 0 amide bonds. The lowest BCUT2D eigenvalue weighted by Crippen LogP contribution is -2.15. The van der Waals surface area contributed by atoms with Crippen molar-refractivity contribution in [2.75, 3.05) is 13.2 Å². The van der Waals surface area contributed by atoms with Gasteiger partial charge in [-0.25, -0.2) is 0 Å². The second kappa shape index (κ2) is 6.25. The zero-order chi connectivity index (χ0) is 7.82. The maximum Gasteiger partial charge on any atom is 0.0988 e. The molecule has 0 aromatic carbocycles. The fourth-order valence-electron chi connectivity index (χ4n) is 0.395. The largest absolute Gasteiger partial charge is 0.411 e. The first-order valence-electron chi connectivity index (χ1n) is 2.86. The van der Waals surface area contributed by atoms with Gasteiger partial charge in [-0.2, -0.15) is 0 Å². The van der Waals surface area contributed by atoms with Gasteiger partial charge in [0.05, 0.1) is 25.5 Å². The first-order chi connectivity index (χ1) is 4.85. The Labute approximate surface area is 59.4 Å². The second-order valence-electron chi connectivity index (χ2n) is 1.59. The standard InChI is InChI=1S/C6H11NO3/c1-2-6(5-8)10-4-3-7-9/h2-3,6,8-9H,1,4-5H2/b7-3+. The molecule has 10 heavy (non-hydrogen) atoms. The Morgan fingerprint density at radius 1 is 1.70 bits per heavy atom. The Morgan fingerprint density at radius 3 is 2.80 bits per heavy atom. The molecule has 2 N–H and O–H groups in total. The van der Waals surface area contributed by atoms with Crippen molar-refractivity contribution >= 4 is 6.21 Å². The van der Waals surface area contributed by atoms with Crippen LogP contribution in [0, 0.1) is 0 Å². The first-order valence-corrected chi connectivity index (χ1v) is 2.86. The normalized spacial score (nSPS) is 13.7. The van der Waals surface area contributed by atoms with Crippen LogP contribution in [-0.4, -0.2) is 35.8 Å².